The Morgan fingerprint density at radius 3 is 2.40 bits per heavy atom. The molecule has 102 valence electrons. The Morgan fingerprint density at radius 2 is 1.80 bits per heavy atom. The van der Waals surface area contributed by atoms with Gasteiger partial charge in [-0.15, -0.1) is 0 Å². The van der Waals surface area contributed by atoms with Crippen LogP contribution in [-0.2, 0) is 10.0 Å². The SMILES string of the molecule is N#Cc1cc(Br)ccc1NS(=O)(=O)c1ccc(N)cc1. The summed E-state index contributed by atoms with van der Waals surface area (Å²) in [5, 5.41) is 9.02. The van der Waals surface area contributed by atoms with Crippen LogP contribution >= 0.6 is 15.9 Å². The van der Waals surface area contributed by atoms with Gasteiger partial charge in [0, 0.05) is 10.2 Å². The predicted octanol–water partition coefficient (Wildman–Crippen LogP) is 2.70. The number of hydrogen-bond donors (Lipinski definition) is 2. The van der Waals surface area contributed by atoms with Crippen molar-refractivity contribution in [2.75, 3.05) is 10.5 Å². The minimum absolute atomic E-state index is 0.0820. The minimum atomic E-state index is -3.75. The highest BCUT2D eigenvalue weighted by atomic mass is 79.9. The third-order valence-corrected chi connectivity index (χ3v) is 4.41. The fourth-order valence-electron chi connectivity index (χ4n) is 1.55. The van der Waals surface area contributed by atoms with Gasteiger partial charge in [-0.1, -0.05) is 15.9 Å². The van der Waals surface area contributed by atoms with E-state index in [0.717, 1.165) is 0 Å². The molecule has 2 rings (SSSR count). The summed E-state index contributed by atoms with van der Waals surface area (Å²) in [4.78, 5) is 0.0820. The van der Waals surface area contributed by atoms with Gasteiger partial charge in [0.1, 0.15) is 6.07 Å². The molecule has 0 aliphatic heterocycles. The second-order valence-corrected chi connectivity index (χ2v) is 6.57. The van der Waals surface area contributed by atoms with Crippen LogP contribution < -0.4 is 10.5 Å². The molecule has 0 aliphatic rings. The standard InChI is InChI=1S/C13H10BrN3O2S/c14-10-1-6-13(9(7-10)8-15)17-20(18,19)12-4-2-11(16)3-5-12/h1-7,17H,16H2. The molecule has 0 atom stereocenters. The van der Waals surface area contributed by atoms with Crippen molar-refractivity contribution in [1.82, 2.24) is 0 Å². The molecule has 0 aliphatic carbocycles. The molecule has 0 unspecified atom stereocenters. The van der Waals surface area contributed by atoms with Crippen molar-refractivity contribution in [3.05, 3.63) is 52.5 Å². The number of nitrogens with zero attached hydrogens (tertiary/aromatic N) is 1. The number of nitrogens with one attached hydrogen (secondary N) is 1. The van der Waals surface area contributed by atoms with Crippen LogP contribution in [0.1, 0.15) is 5.56 Å². The van der Waals surface area contributed by atoms with Crippen LogP contribution in [0.4, 0.5) is 11.4 Å². The normalized spacial score (nSPS) is 10.8. The lowest BCUT2D eigenvalue weighted by molar-refractivity contribution is 0.601. The highest BCUT2D eigenvalue weighted by Crippen LogP contribution is 2.23. The Kier molecular flexibility index (Phi) is 3.97. The van der Waals surface area contributed by atoms with Gasteiger partial charge in [0.25, 0.3) is 10.0 Å². The molecule has 0 amide bonds. The third-order valence-electron chi connectivity index (χ3n) is 2.54. The Labute approximate surface area is 125 Å². The summed E-state index contributed by atoms with van der Waals surface area (Å²) < 4.78 is 27.5. The summed E-state index contributed by atoms with van der Waals surface area (Å²) in [5.74, 6) is 0. The van der Waals surface area contributed by atoms with Crippen LogP contribution in [-0.4, -0.2) is 8.42 Å². The van der Waals surface area contributed by atoms with Crippen LogP contribution in [0.5, 0.6) is 0 Å². The molecule has 2 aromatic rings. The summed E-state index contributed by atoms with van der Waals surface area (Å²) in [6, 6.07) is 12.5. The number of rotatable bonds is 3. The first-order valence-electron chi connectivity index (χ1n) is 5.50. The van der Waals surface area contributed by atoms with Crippen LogP contribution in [0, 0.1) is 11.3 Å². The molecule has 0 saturated carbocycles. The minimum Gasteiger partial charge on any atom is -0.399 e. The summed E-state index contributed by atoms with van der Waals surface area (Å²) in [5.41, 5.74) is 6.46. The molecule has 0 aromatic heterocycles. The fraction of sp³-hybridized carbons (Fsp3) is 0. The van der Waals surface area contributed by atoms with Gasteiger partial charge in [-0.2, -0.15) is 5.26 Å². The summed E-state index contributed by atoms with van der Waals surface area (Å²) in [7, 11) is -3.75. The summed E-state index contributed by atoms with van der Waals surface area (Å²) >= 11 is 3.23. The van der Waals surface area contributed by atoms with E-state index < -0.39 is 10.0 Å². The van der Waals surface area contributed by atoms with E-state index in [1.165, 1.54) is 30.3 Å². The molecule has 0 radical (unpaired) electrons. The Bertz CT molecular complexity index is 780. The highest BCUT2D eigenvalue weighted by molar-refractivity contribution is 9.10. The van der Waals surface area contributed by atoms with Crippen molar-refractivity contribution in [2.45, 2.75) is 4.90 Å². The van der Waals surface area contributed by atoms with Crippen LogP contribution in [0.15, 0.2) is 51.8 Å². The van der Waals surface area contributed by atoms with E-state index in [-0.39, 0.29) is 16.1 Å². The summed E-state index contributed by atoms with van der Waals surface area (Å²) in [6.45, 7) is 0. The average molecular weight is 352 g/mol. The van der Waals surface area contributed by atoms with Crippen molar-refractivity contribution in [3.8, 4) is 6.07 Å². The van der Waals surface area contributed by atoms with E-state index in [2.05, 4.69) is 20.7 Å². The van der Waals surface area contributed by atoms with Gasteiger partial charge in [0.15, 0.2) is 0 Å². The molecule has 2 aromatic carbocycles. The van der Waals surface area contributed by atoms with Crippen LogP contribution in [0.2, 0.25) is 0 Å². The van der Waals surface area contributed by atoms with Gasteiger partial charge in [-0.3, -0.25) is 4.72 Å². The van der Waals surface area contributed by atoms with Gasteiger partial charge in [0.05, 0.1) is 16.1 Å². The Hall–Kier alpha value is -2.04. The highest BCUT2D eigenvalue weighted by Gasteiger charge is 2.16. The van der Waals surface area contributed by atoms with E-state index in [4.69, 9.17) is 11.0 Å². The molecule has 0 bridgehead atoms. The van der Waals surface area contributed by atoms with E-state index in [1.807, 2.05) is 6.07 Å². The fourth-order valence-corrected chi connectivity index (χ4v) is 2.99. The van der Waals surface area contributed by atoms with Gasteiger partial charge >= 0.3 is 0 Å². The van der Waals surface area contributed by atoms with Crippen molar-refractivity contribution in [3.63, 3.8) is 0 Å². The maximum absolute atomic E-state index is 12.2. The molecule has 7 heteroatoms. The molecule has 0 spiro atoms. The van der Waals surface area contributed by atoms with Gasteiger partial charge in [-0.05, 0) is 42.5 Å². The van der Waals surface area contributed by atoms with E-state index in [9.17, 15) is 8.42 Å². The van der Waals surface area contributed by atoms with Crippen LogP contribution in [0.3, 0.4) is 0 Å². The Morgan fingerprint density at radius 1 is 1.15 bits per heavy atom. The third kappa shape index (κ3) is 3.10. The van der Waals surface area contributed by atoms with Crippen LogP contribution in [0.25, 0.3) is 0 Å². The first-order chi connectivity index (χ1) is 9.42. The first kappa shape index (κ1) is 14.4. The van der Waals surface area contributed by atoms with Gasteiger partial charge < -0.3 is 5.73 Å². The zero-order chi connectivity index (χ0) is 14.8. The largest absolute Gasteiger partial charge is 0.399 e. The number of sulfonamides is 1. The number of nitriles is 1. The van der Waals surface area contributed by atoms with Crippen molar-refractivity contribution >= 4 is 37.3 Å². The zero-order valence-corrected chi connectivity index (χ0v) is 12.6. The number of halogens is 1. The number of nitrogen functional groups attached to an aromatic ring is 1. The first-order valence-corrected chi connectivity index (χ1v) is 7.78. The zero-order valence-electron chi connectivity index (χ0n) is 10.2. The van der Waals surface area contributed by atoms with Gasteiger partial charge in [0.2, 0.25) is 0 Å². The van der Waals surface area contributed by atoms with E-state index in [0.29, 0.717) is 10.2 Å². The molecular weight excluding hydrogens is 342 g/mol. The second kappa shape index (κ2) is 5.53. The molecule has 0 saturated heterocycles. The Balaban J connectivity index is 2.39. The molecule has 5 nitrogen and oxygen atoms in total. The second-order valence-electron chi connectivity index (χ2n) is 3.98. The number of benzene rings is 2. The molecule has 20 heavy (non-hydrogen) atoms. The lowest BCUT2D eigenvalue weighted by Crippen LogP contribution is -2.13. The molecule has 0 heterocycles. The van der Waals surface area contributed by atoms with Gasteiger partial charge in [-0.25, -0.2) is 8.42 Å². The average Bonchev–Trinajstić information content (AvgIpc) is 2.41. The quantitative estimate of drug-likeness (QED) is 0.830. The number of nitrogens with two attached hydrogens (primary N) is 1. The molecule has 0 fully saturated rings. The van der Waals surface area contributed by atoms with Crippen molar-refractivity contribution in [1.29, 1.82) is 5.26 Å². The van der Waals surface area contributed by atoms with E-state index >= 15 is 0 Å². The maximum atomic E-state index is 12.2. The van der Waals surface area contributed by atoms with Crippen molar-refractivity contribution < 1.29 is 8.42 Å². The number of anilines is 2. The maximum Gasteiger partial charge on any atom is 0.261 e. The lowest BCUT2D eigenvalue weighted by atomic mass is 10.2. The number of hydrogen-bond acceptors (Lipinski definition) is 4. The predicted molar refractivity (Wildman–Crippen MR) is 80.5 cm³/mol. The lowest BCUT2D eigenvalue weighted by Gasteiger charge is -2.10. The molecule has 3 N–H and O–H groups in total. The topological polar surface area (TPSA) is 96.0 Å². The van der Waals surface area contributed by atoms with Crippen molar-refractivity contribution in [2.24, 2.45) is 0 Å². The molecular formula is C13H10BrN3O2S. The summed E-state index contributed by atoms with van der Waals surface area (Å²) in [6.07, 6.45) is 0. The monoisotopic (exact) mass is 351 g/mol. The van der Waals surface area contributed by atoms with E-state index in [1.54, 1.807) is 12.1 Å². The smallest absolute Gasteiger partial charge is 0.261 e.